The Kier molecular flexibility index (Phi) is 11.7. The summed E-state index contributed by atoms with van der Waals surface area (Å²) in [6.45, 7) is 12.7. The lowest BCUT2D eigenvalue weighted by Gasteiger charge is -2.38. The van der Waals surface area contributed by atoms with Crippen LogP contribution in [-0.2, 0) is 30.8 Å². The van der Waals surface area contributed by atoms with Gasteiger partial charge >= 0.3 is 11.8 Å². The number of hydrogen-bond acceptors (Lipinski definition) is 13. The van der Waals surface area contributed by atoms with Gasteiger partial charge in [0.05, 0.1) is 57.2 Å². The molecular formula is C44H51N3O12. The number of methoxy groups -OCH3 is 1. The number of nitrogens with one attached hydrogen (secondary N) is 1. The van der Waals surface area contributed by atoms with Crippen LogP contribution >= 0.6 is 0 Å². The third kappa shape index (κ3) is 7.42. The van der Waals surface area contributed by atoms with Gasteiger partial charge in [0.15, 0.2) is 11.2 Å². The molecule has 0 saturated carbocycles. The first kappa shape index (κ1) is 42.8. The fourth-order valence-electron chi connectivity index (χ4n) is 8.25. The number of carbonyl (C=O) groups is 2. The smallest absolute Gasteiger partial charge is 0.307 e. The van der Waals surface area contributed by atoms with E-state index in [0.29, 0.717) is 11.0 Å². The van der Waals surface area contributed by atoms with Gasteiger partial charge in [-0.3, -0.25) is 19.2 Å². The van der Waals surface area contributed by atoms with E-state index < -0.39 is 82.7 Å². The standard InChI is InChI=1S/C44H51N3O12/c1-19-12-11-13-20(2)43(55)46-34-35-33(45-27-15-14-26(49)18-28(27)47(35)9)30-31(39(34)53)38(52)24(6)41-32(30)42(54)44(8,59-41)57-17-16-29(56-10)21(3)40(58-25(7)48)23(5)37(51)22(4)36(19)50/h11-19,21-23,29,36-37,40,50-52,54H,1-10H3,(H,46,55)/b12-11+,17-16+,20-13-/t19-,21+,22+,23+,29-,36-,37+,40+,44-/m0/s1. The van der Waals surface area contributed by atoms with Crippen LogP contribution in [0.2, 0.25) is 0 Å². The number of esters is 1. The number of amides is 1. The molecule has 0 radical (unpaired) electrons. The van der Waals surface area contributed by atoms with Crippen LogP contribution in [-0.4, -0.2) is 79.2 Å². The molecule has 3 aromatic carbocycles. The molecule has 4 bridgehead atoms. The summed E-state index contributed by atoms with van der Waals surface area (Å²) in [5.74, 6) is -6.56. The van der Waals surface area contributed by atoms with Gasteiger partial charge in [-0.2, -0.15) is 0 Å². The highest BCUT2D eigenvalue weighted by molar-refractivity contribution is 6.17. The van der Waals surface area contributed by atoms with Gasteiger partial charge in [0.25, 0.3) is 5.91 Å². The molecule has 0 saturated heterocycles. The lowest BCUT2D eigenvalue weighted by molar-refractivity contribution is -0.160. The maximum absolute atomic E-state index is 14.7. The number of hydrogen-bond donors (Lipinski definition) is 5. The number of carbonyl (C=O) groups excluding carboxylic acids is 2. The van der Waals surface area contributed by atoms with Gasteiger partial charge in [-0.05, 0) is 32.1 Å². The number of phenolic OH excluding ortho intramolecular Hbond substituents is 1. The molecule has 4 aromatic rings. The summed E-state index contributed by atoms with van der Waals surface area (Å²) in [5.41, 5.74) is -0.197. The van der Waals surface area contributed by atoms with E-state index in [9.17, 15) is 39.6 Å². The molecule has 0 fully saturated rings. The van der Waals surface area contributed by atoms with Gasteiger partial charge in [0.1, 0.15) is 23.3 Å². The second-order valence-electron chi connectivity index (χ2n) is 15.9. The minimum atomic E-state index is -1.92. The van der Waals surface area contributed by atoms with Crippen molar-refractivity contribution >= 4 is 56.2 Å². The van der Waals surface area contributed by atoms with E-state index in [2.05, 4.69) is 5.32 Å². The number of phenols is 1. The Morgan fingerprint density at radius 2 is 1.68 bits per heavy atom. The van der Waals surface area contributed by atoms with E-state index in [1.165, 1.54) is 71.4 Å². The van der Waals surface area contributed by atoms with Gasteiger partial charge in [-0.25, -0.2) is 4.98 Å². The average molecular weight is 814 g/mol. The van der Waals surface area contributed by atoms with Crippen molar-refractivity contribution < 1.29 is 49.0 Å². The Labute approximate surface area is 339 Å². The molecule has 2 aliphatic rings. The van der Waals surface area contributed by atoms with Crippen molar-refractivity contribution in [1.82, 2.24) is 9.55 Å². The highest BCUT2D eigenvalue weighted by Gasteiger charge is 2.44. The first-order valence-corrected chi connectivity index (χ1v) is 19.4. The number of anilines is 1. The third-order valence-electron chi connectivity index (χ3n) is 11.9. The van der Waals surface area contributed by atoms with Gasteiger partial charge < -0.3 is 49.3 Å². The Hall–Kier alpha value is -5.77. The zero-order valence-corrected chi connectivity index (χ0v) is 34.7. The van der Waals surface area contributed by atoms with Gasteiger partial charge in [-0.1, -0.05) is 45.9 Å². The monoisotopic (exact) mass is 813 g/mol. The number of rotatable bonds is 2. The average Bonchev–Trinajstić information content (AvgIpc) is 3.46. The van der Waals surface area contributed by atoms with Gasteiger partial charge in [-0.15, -0.1) is 0 Å². The van der Waals surface area contributed by atoms with Crippen molar-refractivity contribution in [2.75, 3.05) is 12.4 Å². The summed E-state index contributed by atoms with van der Waals surface area (Å²) in [5, 5.41) is 49.2. The fraction of sp³-hybridized carbons (Fsp3) is 0.432. The largest absolute Gasteiger partial charge is 0.507 e. The molecule has 5 N–H and O–H groups in total. The van der Waals surface area contributed by atoms with Crippen molar-refractivity contribution in [3.05, 3.63) is 85.6 Å². The summed E-state index contributed by atoms with van der Waals surface area (Å²) >= 11 is 0. The summed E-state index contributed by atoms with van der Waals surface area (Å²) in [4.78, 5) is 58.3. The topological polar surface area (TPSA) is 216 Å². The van der Waals surface area contributed by atoms with E-state index in [0.717, 1.165) is 0 Å². The molecule has 314 valence electrons. The summed E-state index contributed by atoms with van der Waals surface area (Å²) in [6, 6.07) is 4.19. The maximum atomic E-state index is 14.7. The normalized spacial score (nSPS) is 30.1. The first-order valence-electron chi connectivity index (χ1n) is 19.4. The van der Waals surface area contributed by atoms with Crippen molar-refractivity contribution in [2.24, 2.45) is 30.7 Å². The lowest BCUT2D eigenvalue weighted by Crippen LogP contribution is -2.46. The molecule has 6 rings (SSSR count). The first-order chi connectivity index (χ1) is 27.7. The van der Waals surface area contributed by atoms with Crippen LogP contribution in [0.25, 0.3) is 38.6 Å². The minimum Gasteiger partial charge on any atom is -0.507 e. The molecule has 3 heterocycles. The molecular weight excluding hydrogens is 762 g/mol. The second kappa shape index (κ2) is 16.1. The van der Waals surface area contributed by atoms with Crippen LogP contribution in [0.3, 0.4) is 0 Å². The zero-order chi connectivity index (χ0) is 43.4. The van der Waals surface area contributed by atoms with Crippen molar-refractivity contribution in [2.45, 2.75) is 85.6 Å². The number of aromatic hydroxyl groups is 1. The molecule has 15 heteroatoms. The number of ether oxygens (including phenoxy) is 4. The highest BCUT2D eigenvalue weighted by atomic mass is 16.7. The van der Waals surface area contributed by atoms with Crippen molar-refractivity contribution in [1.29, 1.82) is 0 Å². The Morgan fingerprint density at radius 1 is 0.983 bits per heavy atom. The van der Waals surface area contributed by atoms with Crippen LogP contribution in [0.4, 0.5) is 5.69 Å². The van der Waals surface area contributed by atoms with Crippen LogP contribution in [0.1, 0.15) is 54.0 Å². The number of benzene rings is 3. The van der Waals surface area contributed by atoms with Crippen LogP contribution in [0.15, 0.2) is 63.9 Å². The Balaban J connectivity index is 1.65. The predicted octanol–water partition coefficient (Wildman–Crippen LogP) is 4.31. The zero-order valence-electron chi connectivity index (χ0n) is 34.7. The molecule has 9 atom stereocenters. The molecule has 0 aliphatic carbocycles. The van der Waals surface area contributed by atoms with Gasteiger partial charge in [0, 0.05) is 74.3 Å². The van der Waals surface area contributed by atoms with Crippen LogP contribution in [0.5, 0.6) is 11.5 Å². The van der Waals surface area contributed by atoms with E-state index in [1.807, 2.05) is 0 Å². The molecule has 2 aliphatic heterocycles. The number of aromatic nitrogens is 2. The SMILES string of the molecule is CO[C@H]1/C=C/O[C@@]2(C)Oc3c(C)c(O)c4c(=O)c(c5c(nc6ccc(=O)cc6n5C)c4c3=C2O)NC(=O)/C(C)=C\C=C\[C@H](C)[C@H](O)[C@@H](C)[C@@H](O)[C@@H](C)[C@H](OC(C)=O)[C@@H]1C. The maximum Gasteiger partial charge on any atom is 0.307 e. The third-order valence-corrected chi connectivity index (χ3v) is 11.9. The summed E-state index contributed by atoms with van der Waals surface area (Å²) in [6.07, 6.45) is 3.68. The molecule has 59 heavy (non-hydrogen) atoms. The van der Waals surface area contributed by atoms with Gasteiger partial charge in [0.2, 0.25) is 5.43 Å². The number of aliphatic hydroxyl groups excluding tert-OH is 3. The Bertz CT molecular complexity index is 2650. The fourth-order valence-corrected chi connectivity index (χ4v) is 8.25. The van der Waals surface area contributed by atoms with Crippen LogP contribution in [0, 0.1) is 30.6 Å². The molecule has 0 spiro atoms. The number of aryl methyl sites for hydroxylation is 1. The van der Waals surface area contributed by atoms with Crippen molar-refractivity contribution in [3.8, 4) is 11.5 Å². The Morgan fingerprint density at radius 3 is 2.34 bits per heavy atom. The predicted molar refractivity (Wildman–Crippen MR) is 222 cm³/mol. The lowest BCUT2D eigenvalue weighted by atomic mass is 9.78. The highest BCUT2D eigenvalue weighted by Crippen LogP contribution is 2.42. The molecule has 1 amide bonds. The number of allylic oxidation sites excluding steroid dienone is 2. The number of nitrogens with zero attached hydrogens (tertiary/aromatic N) is 2. The molecule has 15 nitrogen and oxygen atoms in total. The molecule has 1 aromatic heterocycles. The second-order valence-corrected chi connectivity index (χ2v) is 15.9. The minimum absolute atomic E-state index is 0.0105. The van der Waals surface area contributed by atoms with E-state index >= 15 is 0 Å². The quantitative estimate of drug-likeness (QED) is 0.109. The number of aliphatic hydroxyl groups is 3. The summed E-state index contributed by atoms with van der Waals surface area (Å²) < 4.78 is 25.5. The van der Waals surface area contributed by atoms with E-state index in [4.69, 9.17) is 23.9 Å². The summed E-state index contributed by atoms with van der Waals surface area (Å²) in [7, 11) is 3.05. The molecule has 0 unspecified atom stereocenters. The number of fused-ring (bicyclic) bond motifs is 2. The van der Waals surface area contributed by atoms with Crippen LogP contribution < -0.4 is 26.1 Å². The van der Waals surface area contributed by atoms with E-state index in [-0.39, 0.29) is 55.0 Å². The van der Waals surface area contributed by atoms with Crippen molar-refractivity contribution in [3.63, 3.8) is 0 Å². The van der Waals surface area contributed by atoms with E-state index in [1.54, 1.807) is 51.5 Å².